The molecule has 0 amide bonds. The summed E-state index contributed by atoms with van der Waals surface area (Å²) in [6.45, 7) is 10.0. The Morgan fingerprint density at radius 2 is 1.89 bits per heavy atom. The van der Waals surface area contributed by atoms with Crippen molar-refractivity contribution in [2.75, 3.05) is 0 Å². The van der Waals surface area contributed by atoms with Gasteiger partial charge in [0.1, 0.15) is 11.9 Å². The lowest BCUT2D eigenvalue weighted by Gasteiger charge is -2.36. The van der Waals surface area contributed by atoms with Crippen molar-refractivity contribution in [2.24, 2.45) is 22.4 Å². The van der Waals surface area contributed by atoms with Crippen LogP contribution in [0.2, 0.25) is 0 Å². The molecule has 0 spiro atoms. The summed E-state index contributed by atoms with van der Waals surface area (Å²) in [5.74, 6) is -2.48. The van der Waals surface area contributed by atoms with Crippen molar-refractivity contribution in [3.63, 3.8) is 0 Å². The fourth-order valence-corrected chi connectivity index (χ4v) is 5.34. The quantitative estimate of drug-likeness (QED) is 0.223. The Morgan fingerprint density at radius 1 is 1.22 bits per heavy atom. The molecule has 0 bridgehead atoms. The fraction of sp³-hybridized carbons (Fsp3) is 0.731. The van der Waals surface area contributed by atoms with Crippen LogP contribution in [0.4, 0.5) is 0 Å². The number of nitrogens with zero attached hydrogens (tertiary/aromatic N) is 4. The molecule has 1 aliphatic rings. The SMILES string of the molecule is C/C(=C\c1csc(C)n1)C1CCC(O)CCCC(C)C(O)C(C)C(=O)C(C)(C)C(O)C(N=[N+]=[N-])C(=O)O1. The number of carbonyl (C=O) groups is 2. The summed E-state index contributed by atoms with van der Waals surface area (Å²) in [6.07, 6.45) is 0.147. The van der Waals surface area contributed by atoms with Crippen LogP contribution in [0.25, 0.3) is 16.5 Å². The average molecular weight is 537 g/mol. The zero-order valence-corrected chi connectivity index (χ0v) is 23.3. The van der Waals surface area contributed by atoms with Crippen LogP contribution in [0.5, 0.6) is 0 Å². The number of aromatic nitrogens is 1. The van der Waals surface area contributed by atoms with Crippen molar-refractivity contribution < 1.29 is 29.6 Å². The summed E-state index contributed by atoms with van der Waals surface area (Å²) in [4.78, 5) is 33.7. The van der Waals surface area contributed by atoms with Gasteiger partial charge in [-0.1, -0.05) is 39.2 Å². The van der Waals surface area contributed by atoms with Gasteiger partial charge in [-0.15, -0.1) is 11.3 Å². The molecular formula is C26H40N4O6S. The van der Waals surface area contributed by atoms with Gasteiger partial charge in [-0.25, -0.2) is 4.98 Å². The number of cyclic esters (lactones) is 1. The van der Waals surface area contributed by atoms with Gasteiger partial charge in [0.2, 0.25) is 0 Å². The lowest BCUT2D eigenvalue weighted by atomic mass is 9.72. The highest BCUT2D eigenvalue weighted by Gasteiger charge is 2.47. The molecule has 1 aliphatic heterocycles. The summed E-state index contributed by atoms with van der Waals surface area (Å²) in [5.41, 5.74) is 9.01. The van der Waals surface area contributed by atoms with Crippen molar-refractivity contribution in [3.05, 3.63) is 32.1 Å². The second-order valence-corrected chi connectivity index (χ2v) is 11.8. The maximum absolute atomic E-state index is 13.4. The van der Waals surface area contributed by atoms with E-state index >= 15 is 0 Å². The van der Waals surface area contributed by atoms with E-state index in [1.54, 1.807) is 19.9 Å². The molecule has 206 valence electrons. The number of azide groups is 1. The number of hydrogen-bond donors (Lipinski definition) is 3. The molecule has 0 aromatic carbocycles. The van der Waals surface area contributed by atoms with Crippen LogP contribution in [-0.2, 0) is 14.3 Å². The molecule has 1 saturated heterocycles. The fourth-order valence-electron chi connectivity index (χ4n) is 4.77. The third-order valence-corrected chi connectivity index (χ3v) is 8.13. The number of Topliss-reactive ketones (excluding diaryl/α,β-unsaturated/α-hetero) is 1. The van der Waals surface area contributed by atoms with Gasteiger partial charge in [-0.3, -0.25) is 9.59 Å². The summed E-state index contributed by atoms with van der Waals surface area (Å²) in [5, 5.41) is 38.8. The monoisotopic (exact) mass is 536 g/mol. The van der Waals surface area contributed by atoms with E-state index < -0.39 is 53.5 Å². The van der Waals surface area contributed by atoms with Crippen molar-refractivity contribution in [3.8, 4) is 0 Å². The van der Waals surface area contributed by atoms with Crippen LogP contribution in [0, 0.1) is 24.2 Å². The summed E-state index contributed by atoms with van der Waals surface area (Å²) < 4.78 is 5.74. The first kappa shape index (κ1) is 30.9. The zero-order valence-electron chi connectivity index (χ0n) is 22.5. The maximum Gasteiger partial charge on any atom is 0.318 e. The highest BCUT2D eigenvalue weighted by Crippen LogP contribution is 2.33. The Bertz CT molecular complexity index is 1020. The Balaban J connectivity index is 2.45. The summed E-state index contributed by atoms with van der Waals surface area (Å²) in [6, 6.07) is -1.68. The molecule has 1 fully saturated rings. The number of aliphatic hydroxyl groups excluding tert-OH is 3. The Kier molecular flexibility index (Phi) is 11.3. The average Bonchev–Trinajstić information content (AvgIpc) is 3.26. The number of aliphatic hydroxyl groups is 3. The standard InChI is InChI=1S/C26H40N4O6S/c1-14-8-7-9-19(31)10-11-20(15(2)12-18-13-37-17(4)28-18)36-25(35)21(29-30-27)24(34)26(5,6)23(33)16(3)22(14)32/h12-14,16,19-22,24,31-32,34H,7-11H2,1-6H3/b15-12+. The summed E-state index contributed by atoms with van der Waals surface area (Å²) in [7, 11) is 0. The number of rotatable bonds is 3. The van der Waals surface area contributed by atoms with E-state index in [1.807, 2.05) is 19.2 Å². The van der Waals surface area contributed by atoms with Crippen molar-refractivity contribution in [2.45, 2.75) is 104 Å². The van der Waals surface area contributed by atoms with Crippen molar-refractivity contribution in [1.82, 2.24) is 4.98 Å². The van der Waals surface area contributed by atoms with Gasteiger partial charge in [0.05, 0.1) is 34.4 Å². The molecule has 0 radical (unpaired) electrons. The van der Waals surface area contributed by atoms with Gasteiger partial charge >= 0.3 is 5.97 Å². The van der Waals surface area contributed by atoms with E-state index in [1.165, 1.54) is 25.2 Å². The van der Waals surface area contributed by atoms with Gasteiger partial charge in [-0.2, -0.15) is 0 Å². The third-order valence-electron chi connectivity index (χ3n) is 7.34. The van der Waals surface area contributed by atoms with Crippen molar-refractivity contribution >= 4 is 29.2 Å². The highest BCUT2D eigenvalue weighted by molar-refractivity contribution is 7.09. The number of thiazole rings is 1. The van der Waals surface area contributed by atoms with E-state index in [0.717, 1.165) is 5.01 Å². The summed E-state index contributed by atoms with van der Waals surface area (Å²) >= 11 is 1.49. The number of carbonyl (C=O) groups excluding carboxylic acids is 2. The Morgan fingerprint density at radius 3 is 2.49 bits per heavy atom. The molecule has 7 atom stereocenters. The number of hydrogen-bond acceptors (Lipinski definition) is 9. The molecule has 7 unspecified atom stereocenters. The van der Waals surface area contributed by atoms with E-state index in [4.69, 9.17) is 10.3 Å². The van der Waals surface area contributed by atoms with Gasteiger partial charge in [0.25, 0.3) is 0 Å². The zero-order chi connectivity index (χ0) is 27.9. The topological polar surface area (TPSA) is 166 Å². The molecule has 0 saturated carbocycles. The lowest BCUT2D eigenvalue weighted by molar-refractivity contribution is -0.157. The largest absolute Gasteiger partial charge is 0.457 e. The number of aryl methyl sites for hydroxylation is 1. The minimum absolute atomic E-state index is 0.218. The third kappa shape index (κ3) is 8.09. The molecule has 1 aromatic heterocycles. The minimum atomic E-state index is -1.68. The van der Waals surface area contributed by atoms with Crippen LogP contribution >= 0.6 is 11.3 Å². The van der Waals surface area contributed by atoms with Crippen LogP contribution in [0.3, 0.4) is 0 Å². The van der Waals surface area contributed by atoms with Crippen molar-refractivity contribution in [1.29, 1.82) is 0 Å². The first-order chi connectivity index (χ1) is 17.3. The predicted octanol–water partition coefficient (Wildman–Crippen LogP) is 4.36. The van der Waals surface area contributed by atoms with Crippen LogP contribution in [-0.4, -0.2) is 62.5 Å². The molecule has 2 rings (SSSR count). The highest BCUT2D eigenvalue weighted by atomic mass is 32.1. The van der Waals surface area contributed by atoms with Gasteiger partial charge in [-0.05, 0) is 62.6 Å². The Labute approximate surface area is 222 Å². The number of ether oxygens (including phenoxy) is 1. The van der Waals surface area contributed by atoms with Gasteiger partial charge in [0, 0.05) is 16.2 Å². The van der Waals surface area contributed by atoms with Gasteiger partial charge < -0.3 is 20.1 Å². The van der Waals surface area contributed by atoms with Crippen LogP contribution in [0.1, 0.15) is 77.4 Å². The van der Waals surface area contributed by atoms with E-state index in [2.05, 4.69) is 15.0 Å². The molecular weight excluding hydrogens is 496 g/mol. The lowest BCUT2D eigenvalue weighted by Crippen LogP contribution is -2.51. The second kappa shape index (κ2) is 13.5. The molecule has 1 aromatic rings. The number of esters is 1. The molecule has 0 aliphatic carbocycles. The first-order valence-corrected chi connectivity index (χ1v) is 13.6. The predicted molar refractivity (Wildman–Crippen MR) is 142 cm³/mol. The number of ketones is 1. The maximum atomic E-state index is 13.4. The van der Waals surface area contributed by atoms with Crippen LogP contribution < -0.4 is 0 Å². The second-order valence-electron chi connectivity index (χ2n) is 10.7. The molecule has 37 heavy (non-hydrogen) atoms. The molecule has 11 heteroatoms. The minimum Gasteiger partial charge on any atom is -0.457 e. The molecule has 10 nitrogen and oxygen atoms in total. The smallest absolute Gasteiger partial charge is 0.318 e. The first-order valence-electron chi connectivity index (χ1n) is 12.7. The van der Waals surface area contributed by atoms with Crippen LogP contribution in [0.15, 0.2) is 16.1 Å². The molecule has 3 N–H and O–H groups in total. The van der Waals surface area contributed by atoms with E-state index in [9.17, 15) is 24.9 Å². The molecule has 2 heterocycles. The van der Waals surface area contributed by atoms with E-state index in [-0.39, 0.29) is 5.92 Å². The van der Waals surface area contributed by atoms with E-state index in [0.29, 0.717) is 43.4 Å². The normalized spacial score (nSPS) is 32.9. The van der Waals surface area contributed by atoms with Gasteiger partial charge in [0.15, 0.2) is 6.04 Å². The Hall–Kier alpha value is -2.30.